The molecule has 72 valence electrons. The first kappa shape index (κ1) is 12.4. The van der Waals surface area contributed by atoms with Crippen LogP contribution in [0.3, 0.4) is 0 Å². The average molecular weight is 230 g/mol. The number of carbonyl (C=O) groups is 1. The summed E-state index contributed by atoms with van der Waals surface area (Å²) in [6, 6.07) is 7.64. The third-order valence-electron chi connectivity index (χ3n) is 1.68. The Kier molecular flexibility index (Phi) is 4.53. The molecule has 1 aromatic carbocycles. The number of carboxylic acids is 1. The molecular formula is C9H7N2NaO2S. The predicted octanol–water partition coefficient (Wildman–Crippen LogP) is -2.54. The number of anilines is 1. The first-order valence-corrected chi connectivity index (χ1v) is 4.86. The van der Waals surface area contributed by atoms with Gasteiger partial charge in [-0.15, -0.1) is 0 Å². The van der Waals surface area contributed by atoms with Crippen molar-refractivity contribution in [2.75, 3.05) is 11.9 Å². The molecule has 1 N–H and O–H groups in total. The van der Waals surface area contributed by atoms with Crippen molar-refractivity contribution in [2.45, 2.75) is 0 Å². The normalized spacial score (nSPS) is 9.60. The van der Waals surface area contributed by atoms with E-state index in [2.05, 4.69) is 10.3 Å². The van der Waals surface area contributed by atoms with Crippen molar-refractivity contribution in [3.63, 3.8) is 0 Å². The van der Waals surface area contributed by atoms with Gasteiger partial charge in [0.1, 0.15) is 0 Å². The molecule has 0 saturated heterocycles. The second-order valence-electron chi connectivity index (χ2n) is 2.71. The number of hydrogen-bond acceptors (Lipinski definition) is 5. The van der Waals surface area contributed by atoms with E-state index >= 15 is 0 Å². The molecule has 0 aliphatic heterocycles. The molecule has 1 heterocycles. The Balaban J connectivity index is 0.00000112. The Labute approximate surface area is 113 Å². The minimum atomic E-state index is -1.13. The van der Waals surface area contributed by atoms with E-state index in [-0.39, 0.29) is 36.1 Å². The van der Waals surface area contributed by atoms with E-state index in [1.807, 2.05) is 24.3 Å². The van der Waals surface area contributed by atoms with Crippen LogP contribution in [0.25, 0.3) is 10.2 Å². The SMILES string of the molecule is O=C([O-])CNc1nc2ccccc2s1.[Na+]. The van der Waals surface area contributed by atoms with Crippen molar-refractivity contribution >= 4 is 32.7 Å². The number of carboxylic acid groups (broad SMARTS) is 1. The Morgan fingerprint density at radius 2 is 2.20 bits per heavy atom. The zero-order valence-electron chi connectivity index (χ0n) is 8.19. The first-order valence-electron chi connectivity index (χ1n) is 4.05. The van der Waals surface area contributed by atoms with Crippen molar-refractivity contribution in [3.8, 4) is 0 Å². The second-order valence-corrected chi connectivity index (χ2v) is 3.74. The molecule has 0 spiro atoms. The topological polar surface area (TPSA) is 65.0 Å². The van der Waals surface area contributed by atoms with Gasteiger partial charge in [-0.1, -0.05) is 23.5 Å². The van der Waals surface area contributed by atoms with Gasteiger partial charge in [0.15, 0.2) is 5.13 Å². The van der Waals surface area contributed by atoms with Gasteiger partial charge in [-0.05, 0) is 12.1 Å². The minimum absolute atomic E-state index is 0. The summed E-state index contributed by atoms with van der Waals surface area (Å²) >= 11 is 1.43. The average Bonchev–Trinajstić information content (AvgIpc) is 2.57. The Morgan fingerprint density at radius 3 is 2.87 bits per heavy atom. The van der Waals surface area contributed by atoms with Gasteiger partial charge in [0.25, 0.3) is 0 Å². The van der Waals surface area contributed by atoms with Crippen LogP contribution in [0.1, 0.15) is 0 Å². The molecule has 0 unspecified atom stereocenters. The number of nitrogens with zero attached hydrogens (tertiary/aromatic N) is 1. The molecule has 0 amide bonds. The number of carbonyl (C=O) groups excluding carboxylic acids is 1. The van der Waals surface area contributed by atoms with E-state index in [9.17, 15) is 9.90 Å². The standard InChI is InChI=1S/C9H8N2O2S.Na/c12-8(13)5-10-9-11-6-3-1-2-4-7(6)14-9;/h1-4H,5H2,(H,10,11)(H,12,13);/q;+1/p-1. The number of thiazole rings is 1. The first-order chi connectivity index (χ1) is 6.75. The molecule has 0 radical (unpaired) electrons. The Hall–Kier alpha value is -0.620. The van der Waals surface area contributed by atoms with Crippen LogP contribution in [0.5, 0.6) is 0 Å². The maximum atomic E-state index is 10.2. The maximum Gasteiger partial charge on any atom is 1.00 e. The monoisotopic (exact) mass is 230 g/mol. The van der Waals surface area contributed by atoms with Gasteiger partial charge >= 0.3 is 29.6 Å². The molecule has 0 fully saturated rings. The van der Waals surface area contributed by atoms with Crippen molar-refractivity contribution in [1.82, 2.24) is 4.98 Å². The summed E-state index contributed by atoms with van der Waals surface area (Å²) in [5.74, 6) is -1.13. The van der Waals surface area contributed by atoms with Crippen LogP contribution in [0, 0.1) is 0 Å². The zero-order chi connectivity index (χ0) is 9.97. The number of hydrogen-bond donors (Lipinski definition) is 1. The summed E-state index contributed by atoms with van der Waals surface area (Å²) in [6.45, 7) is -0.209. The summed E-state index contributed by atoms with van der Waals surface area (Å²) in [5.41, 5.74) is 0.873. The number of rotatable bonds is 3. The predicted molar refractivity (Wildman–Crippen MR) is 53.1 cm³/mol. The minimum Gasteiger partial charge on any atom is -0.548 e. The van der Waals surface area contributed by atoms with E-state index in [1.54, 1.807) is 0 Å². The van der Waals surface area contributed by atoms with Crippen LogP contribution in [-0.4, -0.2) is 17.5 Å². The fraction of sp³-hybridized carbons (Fsp3) is 0.111. The van der Waals surface area contributed by atoms with Crippen molar-refractivity contribution in [3.05, 3.63) is 24.3 Å². The molecule has 1 aromatic heterocycles. The van der Waals surface area contributed by atoms with Gasteiger partial charge in [-0.25, -0.2) is 4.98 Å². The van der Waals surface area contributed by atoms with E-state index in [0.717, 1.165) is 10.2 Å². The Bertz CT molecular complexity index is 439. The molecule has 0 bridgehead atoms. The summed E-state index contributed by atoms with van der Waals surface area (Å²) in [6.07, 6.45) is 0. The third kappa shape index (κ3) is 3.17. The molecular weight excluding hydrogens is 223 g/mol. The van der Waals surface area contributed by atoms with Crippen LogP contribution in [-0.2, 0) is 4.79 Å². The van der Waals surface area contributed by atoms with Crippen molar-refractivity contribution < 1.29 is 39.5 Å². The second kappa shape index (κ2) is 5.46. The molecule has 15 heavy (non-hydrogen) atoms. The summed E-state index contributed by atoms with van der Waals surface area (Å²) in [4.78, 5) is 14.4. The van der Waals surface area contributed by atoms with Crippen molar-refractivity contribution in [2.24, 2.45) is 0 Å². The smallest absolute Gasteiger partial charge is 0.548 e. The van der Waals surface area contributed by atoms with Crippen LogP contribution in [0.2, 0.25) is 0 Å². The fourth-order valence-electron chi connectivity index (χ4n) is 1.10. The number of nitrogens with one attached hydrogen (secondary N) is 1. The summed E-state index contributed by atoms with van der Waals surface area (Å²) in [5, 5.41) is 13.5. The molecule has 0 aliphatic rings. The van der Waals surface area contributed by atoms with Gasteiger partial charge < -0.3 is 15.2 Å². The molecule has 2 aromatic rings. The molecule has 0 aliphatic carbocycles. The largest absolute Gasteiger partial charge is 1.00 e. The van der Waals surface area contributed by atoms with Gasteiger partial charge in [0.2, 0.25) is 0 Å². The van der Waals surface area contributed by atoms with Crippen LogP contribution >= 0.6 is 11.3 Å². The van der Waals surface area contributed by atoms with Crippen molar-refractivity contribution in [1.29, 1.82) is 0 Å². The quantitative estimate of drug-likeness (QED) is 0.590. The van der Waals surface area contributed by atoms with E-state index in [0.29, 0.717) is 5.13 Å². The molecule has 0 atom stereocenters. The van der Waals surface area contributed by atoms with Gasteiger partial charge in [-0.2, -0.15) is 0 Å². The van der Waals surface area contributed by atoms with Crippen LogP contribution in [0.15, 0.2) is 24.3 Å². The zero-order valence-corrected chi connectivity index (χ0v) is 11.0. The summed E-state index contributed by atoms with van der Waals surface area (Å²) in [7, 11) is 0. The number of aromatic nitrogens is 1. The third-order valence-corrected chi connectivity index (χ3v) is 2.67. The summed E-state index contributed by atoms with van der Waals surface area (Å²) < 4.78 is 1.04. The number of fused-ring (bicyclic) bond motifs is 1. The number of aliphatic carboxylic acids is 1. The Morgan fingerprint density at radius 1 is 1.47 bits per heavy atom. The molecule has 2 rings (SSSR count). The fourth-order valence-corrected chi connectivity index (χ4v) is 1.96. The van der Waals surface area contributed by atoms with E-state index in [4.69, 9.17) is 0 Å². The van der Waals surface area contributed by atoms with Gasteiger partial charge in [0, 0.05) is 0 Å². The molecule has 4 nitrogen and oxygen atoms in total. The van der Waals surface area contributed by atoms with Crippen LogP contribution in [0.4, 0.5) is 5.13 Å². The van der Waals surface area contributed by atoms with Crippen LogP contribution < -0.4 is 40.0 Å². The molecule has 0 saturated carbocycles. The van der Waals surface area contributed by atoms with Gasteiger partial charge in [-0.3, -0.25) is 0 Å². The van der Waals surface area contributed by atoms with E-state index in [1.165, 1.54) is 11.3 Å². The van der Waals surface area contributed by atoms with E-state index < -0.39 is 5.97 Å². The number of para-hydroxylation sites is 1. The molecule has 6 heteroatoms. The van der Waals surface area contributed by atoms with Gasteiger partial charge in [0.05, 0.1) is 22.7 Å². The maximum absolute atomic E-state index is 10.2. The number of benzene rings is 1.